The highest BCUT2D eigenvalue weighted by atomic mass is 32.2. The Morgan fingerprint density at radius 1 is 0.838 bits per heavy atom. The van der Waals surface area contributed by atoms with Gasteiger partial charge in [0.2, 0.25) is 5.91 Å². The van der Waals surface area contributed by atoms with Crippen molar-refractivity contribution in [3.63, 3.8) is 0 Å². The van der Waals surface area contributed by atoms with E-state index in [1.165, 1.54) is 23.1 Å². The first-order chi connectivity index (χ1) is 18.0. The molecule has 0 saturated carbocycles. The molecule has 4 aromatic rings. The van der Waals surface area contributed by atoms with Crippen molar-refractivity contribution in [2.75, 3.05) is 16.4 Å². The molecule has 6 nitrogen and oxygen atoms in total. The summed E-state index contributed by atoms with van der Waals surface area (Å²) in [6.45, 7) is 1.95. The maximum Gasteiger partial charge on any atom is 0.272 e. The molecular weight excluding hydrogens is 502 g/mol. The van der Waals surface area contributed by atoms with Crippen LogP contribution in [0.3, 0.4) is 0 Å². The number of thiophene rings is 1. The molecule has 0 unspecified atom stereocenters. The number of amides is 3. The second-order valence-corrected chi connectivity index (χ2v) is 10.1. The third kappa shape index (κ3) is 7.67. The molecule has 4 rings (SSSR count). The van der Waals surface area contributed by atoms with E-state index in [4.69, 9.17) is 0 Å². The zero-order valence-corrected chi connectivity index (χ0v) is 21.7. The van der Waals surface area contributed by atoms with Gasteiger partial charge in [-0.15, -0.1) is 23.1 Å². The van der Waals surface area contributed by atoms with E-state index in [0.717, 1.165) is 21.0 Å². The molecule has 1 heterocycles. The Balaban J connectivity index is 1.37. The van der Waals surface area contributed by atoms with Gasteiger partial charge in [-0.3, -0.25) is 14.4 Å². The molecule has 0 atom stereocenters. The van der Waals surface area contributed by atoms with Gasteiger partial charge < -0.3 is 16.0 Å². The number of para-hydroxylation sites is 1. The average molecular weight is 528 g/mol. The van der Waals surface area contributed by atoms with Gasteiger partial charge in [0.1, 0.15) is 5.70 Å². The van der Waals surface area contributed by atoms with E-state index in [1.807, 2.05) is 66.9 Å². The van der Waals surface area contributed by atoms with E-state index in [9.17, 15) is 14.4 Å². The van der Waals surface area contributed by atoms with Gasteiger partial charge in [0.25, 0.3) is 11.8 Å². The minimum Gasteiger partial charge on any atom is -0.325 e. The van der Waals surface area contributed by atoms with Crippen LogP contribution in [0.5, 0.6) is 0 Å². The summed E-state index contributed by atoms with van der Waals surface area (Å²) in [4.78, 5) is 39.8. The molecule has 1 aromatic heterocycles. The number of anilines is 2. The molecule has 0 radical (unpaired) electrons. The van der Waals surface area contributed by atoms with Crippen molar-refractivity contribution >= 4 is 58.3 Å². The zero-order chi connectivity index (χ0) is 26.0. The molecule has 3 amide bonds. The molecule has 3 N–H and O–H groups in total. The van der Waals surface area contributed by atoms with E-state index in [2.05, 4.69) is 16.0 Å². The largest absolute Gasteiger partial charge is 0.325 e. The molecule has 186 valence electrons. The molecule has 0 aliphatic rings. The van der Waals surface area contributed by atoms with Crippen molar-refractivity contribution < 1.29 is 14.4 Å². The third-order valence-electron chi connectivity index (χ3n) is 5.26. The average Bonchev–Trinajstić information content (AvgIpc) is 3.43. The Kier molecular flexibility index (Phi) is 8.91. The van der Waals surface area contributed by atoms with Crippen molar-refractivity contribution in [3.8, 4) is 0 Å². The number of nitrogens with one attached hydrogen (secondary N) is 3. The molecule has 0 saturated heterocycles. The van der Waals surface area contributed by atoms with Gasteiger partial charge in [0.05, 0.1) is 5.75 Å². The number of hydrogen-bond acceptors (Lipinski definition) is 5. The van der Waals surface area contributed by atoms with Crippen molar-refractivity contribution in [1.29, 1.82) is 0 Å². The molecule has 0 spiro atoms. The van der Waals surface area contributed by atoms with Crippen molar-refractivity contribution in [2.24, 2.45) is 0 Å². The van der Waals surface area contributed by atoms with Crippen LogP contribution < -0.4 is 16.0 Å². The lowest BCUT2D eigenvalue weighted by Crippen LogP contribution is -2.30. The van der Waals surface area contributed by atoms with Gasteiger partial charge in [-0.1, -0.05) is 42.5 Å². The molecule has 3 aromatic carbocycles. The monoisotopic (exact) mass is 527 g/mol. The van der Waals surface area contributed by atoms with Crippen LogP contribution >= 0.6 is 23.1 Å². The molecular formula is C29H25N3O3S2. The van der Waals surface area contributed by atoms with E-state index < -0.39 is 5.91 Å². The summed E-state index contributed by atoms with van der Waals surface area (Å²) < 4.78 is 0. The highest BCUT2D eigenvalue weighted by Gasteiger charge is 2.15. The van der Waals surface area contributed by atoms with E-state index in [0.29, 0.717) is 11.3 Å². The predicted octanol–water partition coefficient (Wildman–Crippen LogP) is 6.20. The summed E-state index contributed by atoms with van der Waals surface area (Å²) in [5.74, 6) is -0.627. The Morgan fingerprint density at radius 2 is 1.57 bits per heavy atom. The number of rotatable bonds is 9. The van der Waals surface area contributed by atoms with Crippen LogP contribution in [0.2, 0.25) is 0 Å². The van der Waals surface area contributed by atoms with E-state index in [-0.39, 0.29) is 23.3 Å². The number of carbonyl (C=O) groups excluding carboxylic acids is 3. The van der Waals surface area contributed by atoms with Crippen LogP contribution in [0, 0.1) is 6.92 Å². The molecule has 37 heavy (non-hydrogen) atoms. The molecule has 0 aliphatic carbocycles. The van der Waals surface area contributed by atoms with E-state index in [1.54, 1.807) is 42.5 Å². The maximum absolute atomic E-state index is 13.1. The fourth-order valence-electron chi connectivity index (χ4n) is 3.34. The Morgan fingerprint density at radius 3 is 2.27 bits per heavy atom. The highest BCUT2D eigenvalue weighted by molar-refractivity contribution is 8.00. The maximum atomic E-state index is 13.1. The zero-order valence-electron chi connectivity index (χ0n) is 20.1. The summed E-state index contributed by atoms with van der Waals surface area (Å²) in [5, 5.41) is 10.4. The number of benzene rings is 3. The molecule has 0 aliphatic heterocycles. The summed E-state index contributed by atoms with van der Waals surface area (Å²) in [6.07, 6.45) is 1.65. The number of thioether (sulfide) groups is 1. The number of aryl methyl sites for hydroxylation is 1. The second kappa shape index (κ2) is 12.7. The molecule has 0 bridgehead atoms. The fraction of sp³-hybridized carbons (Fsp3) is 0.0690. The SMILES string of the molecule is Cc1ccccc1NC(=O)CSc1ccc(NC(=O)/C(=C/c2cccs2)NC(=O)c2ccccc2)cc1. The van der Waals surface area contributed by atoms with Crippen LogP contribution in [-0.4, -0.2) is 23.5 Å². The van der Waals surface area contributed by atoms with Gasteiger partial charge in [-0.25, -0.2) is 0 Å². The van der Waals surface area contributed by atoms with Gasteiger partial charge in [0, 0.05) is 26.7 Å². The van der Waals surface area contributed by atoms with Crippen molar-refractivity contribution in [2.45, 2.75) is 11.8 Å². The van der Waals surface area contributed by atoms with Crippen molar-refractivity contribution in [1.82, 2.24) is 5.32 Å². The van der Waals surface area contributed by atoms with Crippen LogP contribution in [0.25, 0.3) is 6.08 Å². The summed E-state index contributed by atoms with van der Waals surface area (Å²) in [6, 6.07) is 27.3. The normalized spacial score (nSPS) is 11.0. The highest BCUT2D eigenvalue weighted by Crippen LogP contribution is 2.22. The summed E-state index contributed by atoms with van der Waals surface area (Å²) >= 11 is 2.87. The molecule has 8 heteroatoms. The number of hydrogen-bond donors (Lipinski definition) is 3. The van der Waals surface area contributed by atoms with Crippen LogP contribution in [0.15, 0.2) is 107 Å². The number of carbonyl (C=O) groups is 3. The Labute approximate surface area is 223 Å². The first kappa shape index (κ1) is 25.9. The summed E-state index contributed by atoms with van der Waals surface area (Å²) in [7, 11) is 0. The van der Waals surface area contributed by atoms with Crippen LogP contribution in [0.4, 0.5) is 11.4 Å². The smallest absolute Gasteiger partial charge is 0.272 e. The Bertz CT molecular complexity index is 1400. The second-order valence-electron chi connectivity index (χ2n) is 8.02. The predicted molar refractivity (Wildman–Crippen MR) is 152 cm³/mol. The lowest BCUT2D eigenvalue weighted by Gasteiger charge is -2.11. The minimum atomic E-state index is -0.435. The third-order valence-corrected chi connectivity index (χ3v) is 7.09. The van der Waals surface area contributed by atoms with Gasteiger partial charge in [-0.2, -0.15) is 0 Å². The van der Waals surface area contributed by atoms with Crippen LogP contribution in [-0.2, 0) is 9.59 Å². The van der Waals surface area contributed by atoms with Crippen molar-refractivity contribution in [3.05, 3.63) is 118 Å². The van der Waals surface area contributed by atoms with E-state index >= 15 is 0 Å². The topological polar surface area (TPSA) is 87.3 Å². The minimum absolute atomic E-state index is 0.0887. The Hall–Kier alpha value is -4.14. The van der Waals surface area contributed by atoms with Gasteiger partial charge in [0.15, 0.2) is 0 Å². The molecule has 0 fully saturated rings. The fourth-order valence-corrected chi connectivity index (χ4v) is 4.70. The first-order valence-electron chi connectivity index (χ1n) is 11.5. The van der Waals surface area contributed by atoms with Crippen LogP contribution in [0.1, 0.15) is 20.8 Å². The van der Waals surface area contributed by atoms with Gasteiger partial charge in [-0.05, 0) is 72.5 Å². The lowest BCUT2D eigenvalue weighted by molar-refractivity contribution is -0.114. The quantitative estimate of drug-likeness (QED) is 0.179. The standard InChI is InChI=1S/C29H25N3O3S2/c1-20-8-5-6-12-25(20)31-27(33)19-37-23-15-13-22(14-16-23)30-29(35)26(18-24-11-7-17-36-24)32-28(34)21-9-3-2-4-10-21/h2-18H,19H2,1H3,(H,30,35)(H,31,33)(H,32,34)/b26-18-. The van der Waals surface area contributed by atoms with Gasteiger partial charge >= 0.3 is 0 Å². The summed E-state index contributed by atoms with van der Waals surface area (Å²) in [5.41, 5.74) is 2.98. The first-order valence-corrected chi connectivity index (χ1v) is 13.4. The lowest BCUT2D eigenvalue weighted by atomic mass is 10.2.